The van der Waals surface area contributed by atoms with Gasteiger partial charge in [-0.1, -0.05) is 29.3 Å². The van der Waals surface area contributed by atoms with Crippen molar-refractivity contribution in [2.45, 2.75) is 49.9 Å². The number of aryl methyl sites for hydroxylation is 1. The standard InChI is InChI=1S/C25H26Cl3N3O3/c1-4-29-23(34)25(7-8-25)31-21(32)17-12-16(5-6-18(17)27)30-22(33)20-19(24(20,3)28)14-9-13(2)10-15(26)11-14/h5-6,9-12,19-20H,4,7-8H2,1-3H3,(H,29,34)(H,30,33)(H,31,32). The molecule has 0 aromatic heterocycles. The lowest BCUT2D eigenvalue weighted by molar-refractivity contribution is -0.123. The molecular weight excluding hydrogens is 497 g/mol. The average Bonchev–Trinajstić information content (AvgIpc) is 3.64. The number of rotatable bonds is 7. The zero-order valence-corrected chi connectivity index (χ0v) is 21.4. The first kappa shape index (κ1) is 24.8. The average molecular weight is 523 g/mol. The van der Waals surface area contributed by atoms with Gasteiger partial charge in [0, 0.05) is 23.2 Å². The van der Waals surface area contributed by atoms with Gasteiger partial charge in [-0.15, -0.1) is 11.6 Å². The molecule has 9 heteroatoms. The second kappa shape index (κ2) is 9.06. The molecule has 3 N–H and O–H groups in total. The van der Waals surface area contributed by atoms with Crippen LogP contribution in [-0.2, 0) is 9.59 Å². The van der Waals surface area contributed by atoms with Crippen LogP contribution in [0.15, 0.2) is 36.4 Å². The van der Waals surface area contributed by atoms with E-state index >= 15 is 0 Å². The van der Waals surface area contributed by atoms with E-state index in [4.69, 9.17) is 34.8 Å². The monoisotopic (exact) mass is 521 g/mol. The molecule has 0 bridgehead atoms. The molecule has 2 saturated carbocycles. The number of halogens is 3. The normalized spacial score (nSPS) is 24.2. The third-order valence-electron chi connectivity index (χ3n) is 6.50. The summed E-state index contributed by atoms with van der Waals surface area (Å²) in [5.41, 5.74) is 1.62. The molecule has 34 heavy (non-hydrogen) atoms. The van der Waals surface area contributed by atoms with Crippen molar-refractivity contribution in [3.63, 3.8) is 0 Å². The van der Waals surface area contributed by atoms with Gasteiger partial charge < -0.3 is 16.0 Å². The van der Waals surface area contributed by atoms with E-state index in [0.29, 0.717) is 30.1 Å². The van der Waals surface area contributed by atoms with Crippen LogP contribution in [0.25, 0.3) is 0 Å². The Kier molecular flexibility index (Phi) is 6.62. The Bertz CT molecular complexity index is 1160. The quantitative estimate of drug-likeness (QED) is 0.445. The van der Waals surface area contributed by atoms with E-state index in [-0.39, 0.29) is 28.3 Å². The Morgan fingerprint density at radius 2 is 1.79 bits per heavy atom. The fourth-order valence-corrected chi connectivity index (χ4v) is 5.41. The van der Waals surface area contributed by atoms with Crippen LogP contribution in [-0.4, -0.2) is 34.7 Å². The van der Waals surface area contributed by atoms with Crippen LogP contribution >= 0.6 is 34.8 Å². The highest BCUT2D eigenvalue weighted by Gasteiger charge is 2.65. The van der Waals surface area contributed by atoms with Gasteiger partial charge in [0.05, 0.1) is 21.4 Å². The van der Waals surface area contributed by atoms with Crippen molar-refractivity contribution in [2.24, 2.45) is 5.92 Å². The Morgan fingerprint density at radius 1 is 1.09 bits per heavy atom. The predicted molar refractivity (Wildman–Crippen MR) is 135 cm³/mol. The van der Waals surface area contributed by atoms with Crippen LogP contribution in [0.5, 0.6) is 0 Å². The smallest absolute Gasteiger partial charge is 0.253 e. The summed E-state index contributed by atoms with van der Waals surface area (Å²) in [7, 11) is 0. The molecular formula is C25H26Cl3N3O3. The minimum atomic E-state index is -0.896. The molecule has 0 heterocycles. The maximum absolute atomic E-state index is 13.1. The van der Waals surface area contributed by atoms with Gasteiger partial charge in [0.25, 0.3) is 5.91 Å². The summed E-state index contributed by atoms with van der Waals surface area (Å²) in [5.74, 6) is -1.58. The van der Waals surface area contributed by atoms with E-state index in [2.05, 4.69) is 16.0 Å². The molecule has 180 valence electrons. The molecule has 0 aliphatic heterocycles. The highest BCUT2D eigenvalue weighted by molar-refractivity contribution is 6.34. The lowest BCUT2D eigenvalue weighted by Gasteiger charge is -2.17. The first-order valence-corrected chi connectivity index (χ1v) is 12.3. The van der Waals surface area contributed by atoms with Crippen molar-refractivity contribution < 1.29 is 14.4 Å². The van der Waals surface area contributed by atoms with Crippen LogP contribution in [0.2, 0.25) is 10.0 Å². The highest BCUT2D eigenvalue weighted by Crippen LogP contribution is 2.62. The number of anilines is 1. The van der Waals surface area contributed by atoms with Crippen LogP contribution in [0.1, 0.15) is 54.1 Å². The van der Waals surface area contributed by atoms with Crippen LogP contribution in [0.3, 0.4) is 0 Å². The molecule has 2 aliphatic carbocycles. The topological polar surface area (TPSA) is 87.3 Å². The van der Waals surface area contributed by atoms with Gasteiger partial charge in [-0.05, 0) is 75.1 Å². The zero-order chi connectivity index (χ0) is 24.8. The fourth-order valence-electron chi connectivity index (χ4n) is 4.50. The number of benzene rings is 2. The summed E-state index contributed by atoms with van der Waals surface area (Å²) in [6.45, 7) is 6.07. The second-order valence-corrected chi connectivity index (χ2v) is 10.9. The summed E-state index contributed by atoms with van der Waals surface area (Å²) in [5, 5.41) is 9.22. The van der Waals surface area contributed by atoms with Gasteiger partial charge >= 0.3 is 0 Å². The first-order chi connectivity index (χ1) is 16.0. The van der Waals surface area contributed by atoms with Crippen molar-refractivity contribution in [3.05, 3.63) is 63.1 Å². The number of hydrogen-bond acceptors (Lipinski definition) is 3. The number of carbonyl (C=O) groups excluding carboxylic acids is 3. The largest absolute Gasteiger partial charge is 0.354 e. The van der Waals surface area contributed by atoms with E-state index in [1.807, 2.05) is 39.0 Å². The van der Waals surface area contributed by atoms with Gasteiger partial charge in [-0.25, -0.2) is 0 Å². The third-order valence-corrected chi connectivity index (χ3v) is 7.52. The van der Waals surface area contributed by atoms with Crippen LogP contribution in [0.4, 0.5) is 5.69 Å². The van der Waals surface area contributed by atoms with E-state index in [9.17, 15) is 14.4 Å². The Balaban J connectivity index is 1.48. The molecule has 2 aliphatic rings. The van der Waals surface area contributed by atoms with Crippen molar-refractivity contribution in [3.8, 4) is 0 Å². The van der Waals surface area contributed by atoms with Crippen LogP contribution in [0, 0.1) is 12.8 Å². The molecule has 3 unspecified atom stereocenters. The first-order valence-electron chi connectivity index (χ1n) is 11.2. The van der Waals surface area contributed by atoms with E-state index in [1.165, 1.54) is 6.07 Å². The van der Waals surface area contributed by atoms with Crippen molar-refractivity contribution >= 4 is 58.2 Å². The molecule has 2 aromatic rings. The van der Waals surface area contributed by atoms with Gasteiger partial charge in [0.2, 0.25) is 11.8 Å². The number of amides is 3. The summed E-state index contributed by atoms with van der Waals surface area (Å²) in [6.07, 6.45) is 1.14. The number of carbonyl (C=O) groups is 3. The molecule has 0 spiro atoms. The highest BCUT2D eigenvalue weighted by atomic mass is 35.5. The maximum atomic E-state index is 13.1. The molecule has 0 saturated heterocycles. The number of hydrogen-bond donors (Lipinski definition) is 3. The lowest BCUT2D eigenvalue weighted by Crippen LogP contribution is -2.49. The molecule has 6 nitrogen and oxygen atoms in total. The van der Waals surface area contributed by atoms with Gasteiger partial charge in [0.15, 0.2) is 0 Å². The summed E-state index contributed by atoms with van der Waals surface area (Å²) in [6, 6.07) is 10.3. The molecule has 4 rings (SSSR count). The Hall–Kier alpha value is -2.28. The summed E-state index contributed by atoms with van der Waals surface area (Å²) >= 11 is 19.2. The van der Waals surface area contributed by atoms with Gasteiger partial charge in [-0.2, -0.15) is 0 Å². The van der Waals surface area contributed by atoms with Gasteiger partial charge in [0.1, 0.15) is 5.54 Å². The Labute approximate surface area is 213 Å². The third kappa shape index (κ3) is 4.77. The maximum Gasteiger partial charge on any atom is 0.253 e. The van der Waals surface area contributed by atoms with E-state index < -0.39 is 22.2 Å². The minimum absolute atomic E-state index is 0.182. The molecule has 0 radical (unpaired) electrons. The summed E-state index contributed by atoms with van der Waals surface area (Å²) < 4.78 is 0. The molecule has 3 atom stereocenters. The zero-order valence-electron chi connectivity index (χ0n) is 19.1. The van der Waals surface area contributed by atoms with E-state index in [1.54, 1.807) is 12.1 Å². The second-order valence-electron chi connectivity index (χ2n) is 9.25. The number of nitrogens with one attached hydrogen (secondary N) is 3. The van der Waals surface area contributed by atoms with Crippen molar-refractivity contribution in [1.29, 1.82) is 0 Å². The number of likely N-dealkylation sites (N-methyl/N-ethyl adjacent to an activating group) is 1. The SMILES string of the molecule is CCNC(=O)C1(NC(=O)c2cc(NC(=O)C3C(c4cc(C)cc(Cl)c4)C3(C)Cl)ccc2Cl)CC1. The molecule has 2 aromatic carbocycles. The molecule has 2 fully saturated rings. The summed E-state index contributed by atoms with van der Waals surface area (Å²) in [4.78, 5) is 37.5. The number of alkyl halides is 1. The van der Waals surface area contributed by atoms with Crippen molar-refractivity contribution in [1.82, 2.24) is 10.6 Å². The van der Waals surface area contributed by atoms with Crippen LogP contribution < -0.4 is 16.0 Å². The minimum Gasteiger partial charge on any atom is -0.354 e. The van der Waals surface area contributed by atoms with Gasteiger partial charge in [-0.3, -0.25) is 14.4 Å². The van der Waals surface area contributed by atoms with Crippen molar-refractivity contribution in [2.75, 3.05) is 11.9 Å². The Morgan fingerprint density at radius 3 is 2.41 bits per heavy atom. The molecule has 3 amide bonds. The lowest BCUT2D eigenvalue weighted by atomic mass is 10.1. The van der Waals surface area contributed by atoms with E-state index in [0.717, 1.165) is 11.1 Å². The fraction of sp³-hybridized carbons (Fsp3) is 0.400. The predicted octanol–water partition coefficient (Wildman–Crippen LogP) is 5.05.